The molecule has 0 unspecified atom stereocenters. The van der Waals surface area contributed by atoms with Crippen LogP contribution in [0, 0.1) is 5.82 Å². The lowest BCUT2D eigenvalue weighted by Gasteiger charge is -2.36. The molecule has 3 rings (SSSR count). The fourth-order valence-corrected chi connectivity index (χ4v) is 3.03. The van der Waals surface area contributed by atoms with E-state index in [4.69, 9.17) is 0 Å². The molecule has 2 N–H and O–H groups in total. The topological polar surface area (TPSA) is 82.5 Å². The largest absolute Gasteiger partial charge is 0.389 e. The van der Waals surface area contributed by atoms with Gasteiger partial charge in [0.1, 0.15) is 11.5 Å². The molecule has 0 bridgehead atoms. The summed E-state index contributed by atoms with van der Waals surface area (Å²) >= 11 is 0. The molecular formula is C19H20FN3O3. The van der Waals surface area contributed by atoms with E-state index < -0.39 is 18.0 Å². The number of aromatic nitrogens is 1. The Morgan fingerprint density at radius 2 is 2.12 bits per heavy atom. The van der Waals surface area contributed by atoms with Crippen LogP contribution in [0.4, 0.5) is 4.39 Å². The van der Waals surface area contributed by atoms with E-state index in [9.17, 15) is 19.1 Å². The van der Waals surface area contributed by atoms with Gasteiger partial charge in [0.15, 0.2) is 0 Å². The third kappa shape index (κ3) is 4.43. The molecular weight excluding hydrogens is 337 g/mol. The minimum Gasteiger partial charge on any atom is -0.389 e. The van der Waals surface area contributed by atoms with Crippen LogP contribution < -0.4 is 5.32 Å². The molecule has 7 heteroatoms. The number of amides is 2. The smallest absolute Gasteiger partial charge is 0.272 e. The van der Waals surface area contributed by atoms with Gasteiger partial charge in [0.05, 0.1) is 18.6 Å². The number of pyridine rings is 1. The Bertz CT molecular complexity index is 785. The summed E-state index contributed by atoms with van der Waals surface area (Å²) in [7, 11) is 0. The Balaban J connectivity index is 1.54. The molecule has 136 valence electrons. The average molecular weight is 357 g/mol. The van der Waals surface area contributed by atoms with E-state index in [-0.39, 0.29) is 24.8 Å². The van der Waals surface area contributed by atoms with Crippen molar-refractivity contribution in [3.8, 4) is 0 Å². The van der Waals surface area contributed by atoms with Crippen molar-refractivity contribution in [3.05, 3.63) is 65.7 Å². The van der Waals surface area contributed by atoms with E-state index >= 15 is 0 Å². The number of hydrogen-bond donors (Lipinski definition) is 2. The Hall–Kier alpha value is -2.80. The van der Waals surface area contributed by atoms with Gasteiger partial charge in [0, 0.05) is 19.3 Å². The van der Waals surface area contributed by atoms with Gasteiger partial charge in [-0.05, 0) is 36.2 Å². The SMILES string of the molecule is O=C(Cc1cccc(F)c1)N[C@@H]1CCN(C(=O)c2ccccn2)C[C@H]1O. The van der Waals surface area contributed by atoms with Crippen molar-refractivity contribution in [2.75, 3.05) is 13.1 Å². The minimum atomic E-state index is -0.868. The summed E-state index contributed by atoms with van der Waals surface area (Å²) in [6.07, 6.45) is 1.16. The second-order valence-electron chi connectivity index (χ2n) is 6.30. The Morgan fingerprint density at radius 3 is 2.81 bits per heavy atom. The summed E-state index contributed by atoms with van der Waals surface area (Å²) in [5, 5.41) is 13.1. The van der Waals surface area contributed by atoms with Gasteiger partial charge in [0.2, 0.25) is 5.91 Å². The first-order valence-electron chi connectivity index (χ1n) is 8.45. The highest BCUT2D eigenvalue weighted by Gasteiger charge is 2.31. The maximum Gasteiger partial charge on any atom is 0.272 e. The molecule has 2 aromatic rings. The van der Waals surface area contributed by atoms with Gasteiger partial charge in [-0.15, -0.1) is 0 Å². The van der Waals surface area contributed by atoms with Gasteiger partial charge in [-0.2, -0.15) is 0 Å². The Kier molecular flexibility index (Phi) is 5.58. The van der Waals surface area contributed by atoms with Crippen molar-refractivity contribution in [2.24, 2.45) is 0 Å². The summed E-state index contributed by atoms with van der Waals surface area (Å²) < 4.78 is 13.2. The second-order valence-corrected chi connectivity index (χ2v) is 6.30. The fraction of sp³-hybridized carbons (Fsp3) is 0.316. The molecule has 1 aliphatic rings. The minimum absolute atomic E-state index is 0.0392. The lowest BCUT2D eigenvalue weighted by atomic mass is 10.0. The maximum absolute atomic E-state index is 13.2. The highest BCUT2D eigenvalue weighted by atomic mass is 19.1. The van der Waals surface area contributed by atoms with Crippen LogP contribution in [-0.4, -0.2) is 52.0 Å². The van der Waals surface area contributed by atoms with E-state index in [0.717, 1.165) is 0 Å². The van der Waals surface area contributed by atoms with Crippen molar-refractivity contribution in [1.29, 1.82) is 0 Å². The highest BCUT2D eigenvalue weighted by Crippen LogP contribution is 2.14. The van der Waals surface area contributed by atoms with Crippen molar-refractivity contribution >= 4 is 11.8 Å². The number of nitrogens with zero attached hydrogens (tertiary/aromatic N) is 2. The Labute approximate surface area is 150 Å². The molecule has 1 fully saturated rings. The summed E-state index contributed by atoms with van der Waals surface area (Å²) in [5.74, 6) is -0.921. The molecule has 0 spiro atoms. The lowest BCUT2D eigenvalue weighted by Crippen LogP contribution is -2.55. The first-order chi connectivity index (χ1) is 12.5. The third-order valence-corrected chi connectivity index (χ3v) is 4.35. The molecule has 1 aromatic heterocycles. The van der Waals surface area contributed by atoms with Crippen LogP contribution in [0.2, 0.25) is 0 Å². The van der Waals surface area contributed by atoms with Gasteiger partial charge in [-0.25, -0.2) is 4.39 Å². The first kappa shape index (κ1) is 18.0. The predicted molar refractivity (Wildman–Crippen MR) is 92.8 cm³/mol. The molecule has 26 heavy (non-hydrogen) atoms. The monoisotopic (exact) mass is 357 g/mol. The number of benzene rings is 1. The maximum atomic E-state index is 13.2. The van der Waals surface area contributed by atoms with Crippen molar-refractivity contribution in [2.45, 2.75) is 25.0 Å². The quantitative estimate of drug-likeness (QED) is 0.860. The van der Waals surface area contributed by atoms with Gasteiger partial charge in [-0.1, -0.05) is 18.2 Å². The molecule has 2 heterocycles. The van der Waals surface area contributed by atoms with Crippen molar-refractivity contribution in [1.82, 2.24) is 15.2 Å². The number of aliphatic hydroxyl groups excluding tert-OH is 1. The van der Waals surface area contributed by atoms with Crippen molar-refractivity contribution in [3.63, 3.8) is 0 Å². The molecule has 2 amide bonds. The number of nitrogens with one attached hydrogen (secondary N) is 1. The molecule has 1 aromatic carbocycles. The van der Waals surface area contributed by atoms with Crippen LogP contribution in [-0.2, 0) is 11.2 Å². The van der Waals surface area contributed by atoms with Gasteiger partial charge in [0.25, 0.3) is 5.91 Å². The molecule has 2 atom stereocenters. The van der Waals surface area contributed by atoms with Crippen LogP contribution in [0.15, 0.2) is 48.7 Å². The van der Waals surface area contributed by atoms with Crippen LogP contribution >= 0.6 is 0 Å². The molecule has 1 aliphatic heterocycles. The molecule has 0 saturated carbocycles. The lowest BCUT2D eigenvalue weighted by molar-refractivity contribution is -0.122. The van der Waals surface area contributed by atoms with Crippen LogP contribution in [0.1, 0.15) is 22.5 Å². The zero-order valence-electron chi connectivity index (χ0n) is 14.1. The number of likely N-dealkylation sites (tertiary alicyclic amines) is 1. The number of carbonyl (C=O) groups is 2. The van der Waals surface area contributed by atoms with Crippen LogP contribution in [0.25, 0.3) is 0 Å². The summed E-state index contributed by atoms with van der Waals surface area (Å²) in [6, 6.07) is 10.5. The molecule has 1 saturated heterocycles. The summed E-state index contributed by atoms with van der Waals surface area (Å²) in [4.78, 5) is 30.1. The van der Waals surface area contributed by atoms with Crippen LogP contribution in [0.3, 0.4) is 0 Å². The predicted octanol–water partition coefficient (Wildman–Crippen LogP) is 1.15. The number of aliphatic hydroxyl groups is 1. The van der Waals surface area contributed by atoms with E-state index in [1.807, 2.05) is 0 Å². The van der Waals surface area contributed by atoms with Gasteiger partial charge >= 0.3 is 0 Å². The number of piperidine rings is 1. The third-order valence-electron chi connectivity index (χ3n) is 4.35. The van der Waals surface area contributed by atoms with E-state index in [0.29, 0.717) is 24.2 Å². The highest BCUT2D eigenvalue weighted by molar-refractivity contribution is 5.92. The summed E-state index contributed by atoms with van der Waals surface area (Å²) in [6.45, 7) is 0.539. The summed E-state index contributed by atoms with van der Waals surface area (Å²) in [5.41, 5.74) is 0.896. The van der Waals surface area contributed by atoms with Crippen LogP contribution in [0.5, 0.6) is 0 Å². The molecule has 0 aliphatic carbocycles. The van der Waals surface area contributed by atoms with Crippen molar-refractivity contribution < 1.29 is 19.1 Å². The van der Waals surface area contributed by atoms with E-state index in [1.54, 1.807) is 36.5 Å². The standard InChI is InChI=1S/C19H20FN3O3/c20-14-5-3-4-13(10-14)11-18(25)22-15-7-9-23(12-17(15)24)19(26)16-6-1-2-8-21-16/h1-6,8,10,15,17,24H,7,9,11-12H2,(H,22,25)/t15-,17-/m1/s1. The fourth-order valence-electron chi connectivity index (χ4n) is 3.03. The average Bonchev–Trinajstić information content (AvgIpc) is 2.63. The number of β-amino-alcohol motifs (C(OH)–C–C–N with tert-alkyl or cyclic N) is 1. The van der Waals surface area contributed by atoms with Gasteiger partial charge < -0.3 is 15.3 Å². The molecule has 0 radical (unpaired) electrons. The Morgan fingerprint density at radius 1 is 1.27 bits per heavy atom. The van der Waals surface area contributed by atoms with E-state index in [1.165, 1.54) is 17.0 Å². The zero-order chi connectivity index (χ0) is 18.5. The van der Waals surface area contributed by atoms with E-state index in [2.05, 4.69) is 10.3 Å². The number of hydrogen-bond acceptors (Lipinski definition) is 4. The first-order valence-corrected chi connectivity index (χ1v) is 8.45. The number of rotatable bonds is 4. The number of halogens is 1. The second kappa shape index (κ2) is 8.05. The number of carbonyl (C=O) groups excluding carboxylic acids is 2. The van der Waals surface area contributed by atoms with Gasteiger partial charge in [-0.3, -0.25) is 14.6 Å². The normalized spacial score (nSPS) is 19.8. The molecule has 6 nitrogen and oxygen atoms in total. The zero-order valence-corrected chi connectivity index (χ0v) is 14.1.